The summed E-state index contributed by atoms with van der Waals surface area (Å²) in [5, 5.41) is 0. The molecule has 4 nitrogen and oxygen atoms in total. The van der Waals surface area contributed by atoms with Gasteiger partial charge in [0.25, 0.3) is 0 Å². The number of hydrogen-bond donors (Lipinski definition) is 0. The molecule has 0 radical (unpaired) electrons. The summed E-state index contributed by atoms with van der Waals surface area (Å²) >= 11 is 0. The molecule has 1 saturated heterocycles. The van der Waals surface area contributed by atoms with Crippen molar-refractivity contribution in [2.45, 2.75) is 43.9 Å². The average Bonchev–Trinajstić information content (AvgIpc) is 3.22. The summed E-state index contributed by atoms with van der Waals surface area (Å²) in [4.78, 5) is 2.47. The van der Waals surface area contributed by atoms with Gasteiger partial charge < -0.3 is 14.2 Å². The summed E-state index contributed by atoms with van der Waals surface area (Å²) < 4.78 is 32.0. The van der Waals surface area contributed by atoms with Crippen molar-refractivity contribution in [3.05, 3.63) is 93.8 Å². The Morgan fingerprint density at radius 3 is 2.50 bits per heavy atom. The van der Waals surface area contributed by atoms with Gasteiger partial charge in [0.1, 0.15) is 5.82 Å². The van der Waals surface area contributed by atoms with Gasteiger partial charge in [-0.3, -0.25) is 4.90 Å². The molecule has 2 heterocycles. The first-order valence-corrected chi connectivity index (χ1v) is 12.1. The summed E-state index contributed by atoms with van der Waals surface area (Å²) in [7, 11) is 3.36. The first-order valence-electron chi connectivity index (χ1n) is 12.1. The largest absolute Gasteiger partial charge is 0.493 e. The molecule has 5 heteroatoms. The Bertz CT molecular complexity index is 1230. The van der Waals surface area contributed by atoms with E-state index in [1.165, 1.54) is 27.8 Å². The van der Waals surface area contributed by atoms with E-state index in [0.29, 0.717) is 0 Å². The van der Waals surface area contributed by atoms with Crippen LogP contribution in [0.3, 0.4) is 0 Å². The molecule has 0 saturated carbocycles. The second-order valence-corrected chi connectivity index (χ2v) is 9.70. The van der Waals surface area contributed by atoms with E-state index in [4.69, 9.17) is 14.2 Å². The lowest BCUT2D eigenvalue weighted by Gasteiger charge is -2.31. The molecule has 2 aliphatic heterocycles. The van der Waals surface area contributed by atoms with Crippen LogP contribution in [-0.4, -0.2) is 38.3 Å². The quantitative estimate of drug-likeness (QED) is 0.521. The molecule has 0 unspecified atom stereocenters. The van der Waals surface area contributed by atoms with Gasteiger partial charge in [0.2, 0.25) is 0 Å². The molecule has 0 N–H and O–H groups in total. The van der Waals surface area contributed by atoms with Gasteiger partial charge in [-0.1, -0.05) is 30.3 Å². The van der Waals surface area contributed by atoms with Crippen molar-refractivity contribution in [3.8, 4) is 11.5 Å². The number of nitrogens with zero attached hydrogens (tertiary/aromatic N) is 1. The number of hydrogen-bond acceptors (Lipinski definition) is 4. The Kier molecular flexibility index (Phi) is 5.54. The lowest BCUT2D eigenvalue weighted by molar-refractivity contribution is 0.0166. The zero-order chi connectivity index (χ0) is 23.2. The molecule has 1 aliphatic carbocycles. The topological polar surface area (TPSA) is 30.9 Å². The second kappa shape index (κ2) is 8.71. The van der Waals surface area contributed by atoms with Crippen LogP contribution in [0, 0.1) is 5.82 Å². The van der Waals surface area contributed by atoms with Crippen LogP contribution < -0.4 is 9.47 Å². The van der Waals surface area contributed by atoms with Crippen molar-refractivity contribution < 1.29 is 18.6 Å². The van der Waals surface area contributed by atoms with Crippen LogP contribution in [0.2, 0.25) is 0 Å². The number of benzene rings is 3. The maximum atomic E-state index is 14.3. The zero-order valence-corrected chi connectivity index (χ0v) is 19.7. The Morgan fingerprint density at radius 2 is 1.68 bits per heavy atom. The van der Waals surface area contributed by atoms with Crippen LogP contribution in [0.4, 0.5) is 4.39 Å². The number of halogens is 1. The van der Waals surface area contributed by atoms with Gasteiger partial charge in [-0.2, -0.15) is 0 Å². The molecule has 3 aromatic rings. The zero-order valence-electron chi connectivity index (χ0n) is 19.7. The predicted molar refractivity (Wildman–Crippen MR) is 129 cm³/mol. The third-order valence-electron chi connectivity index (χ3n) is 7.73. The second-order valence-electron chi connectivity index (χ2n) is 9.70. The predicted octanol–water partition coefficient (Wildman–Crippen LogP) is 5.42. The Morgan fingerprint density at radius 1 is 0.912 bits per heavy atom. The fraction of sp³-hybridized carbons (Fsp3) is 0.379. The molecule has 6 rings (SSSR count). The van der Waals surface area contributed by atoms with Crippen molar-refractivity contribution in [2.24, 2.45) is 0 Å². The highest BCUT2D eigenvalue weighted by Gasteiger charge is 2.41. The van der Waals surface area contributed by atoms with Crippen molar-refractivity contribution in [1.29, 1.82) is 0 Å². The highest BCUT2D eigenvalue weighted by atomic mass is 19.1. The van der Waals surface area contributed by atoms with E-state index in [-0.39, 0.29) is 23.9 Å². The normalized spacial score (nSPS) is 23.3. The van der Waals surface area contributed by atoms with E-state index in [2.05, 4.69) is 41.3 Å². The third-order valence-corrected chi connectivity index (χ3v) is 7.73. The van der Waals surface area contributed by atoms with Gasteiger partial charge in [0.05, 0.1) is 26.4 Å². The van der Waals surface area contributed by atoms with Crippen molar-refractivity contribution in [3.63, 3.8) is 0 Å². The molecular weight excluding hydrogens is 429 g/mol. The van der Waals surface area contributed by atoms with E-state index in [1.54, 1.807) is 26.4 Å². The summed E-state index contributed by atoms with van der Waals surface area (Å²) in [6.07, 6.45) is 2.78. The third kappa shape index (κ3) is 3.77. The Labute approximate surface area is 200 Å². The molecule has 176 valence electrons. The van der Waals surface area contributed by atoms with Crippen LogP contribution in [0.5, 0.6) is 11.5 Å². The average molecular weight is 460 g/mol. The van der Waals surface area contributed by atoms with Gasteiger partial charge >= 0.3 is 0 Å². The molecular formula is C29H30FNO3. The molecule has 0 spiro atoms. The smallest absolute Gasteiger partial charge is 0.161 e. The highest BCUT2D eigenvalue weighted by molar-refractivity contribution is 5.48. The fourth-order valence-corrected chi connectivity index (χ4v) is 6.10. The minimum absolute atomic E-state index is 0.0965. The van der Waals surface area contributed by atoms with Crippen molar-refractivity contribution in [1.82, 2.24) is 4.90 Å². The summed E-state index contributed by atoms with van der Waals surface area (Å²) in [6.45, 7) is 2.72. The fourth-order valence-electron chi connectivity index (χ4n) is 6.10. The molecule has 3 atom stereocenters. The molecule has 0 bridgehead atoms. The van der Waals surface area contributed by atoms with Crippen LogP contribution in [0.15, 0.2) is 54.6 Å². The van der Waals surface area contributed by atoms with E-state index in [1.807, 2.05) is 6.07 Å². The molecule has 3 aromatic carbocycles. The van der Waals surface area contributed by atoms with Gasteiger partial charge in [0, 0.05) is 25.6 Å². The van der Waals surface area contributed by atoms with Crippen LogP contribution in [0.1, 0.15) is 51.8 Å². The summed E-state index contributed by atoms with van der Waals surface area (Å²) in [6, 6.07) is 18.1. The van der Waals surface area contributed by atoms with E-state index < -0.39 is 0 Å². The van der Waals surface area contributed by atoms with E-state index >= 15 is 0 Å². The lowest BCUT2D eigenvalue weighted by atomic mass is 9.87. The molecule has 3 aliphatic rings. The van der Waals surface area contributed by atoms with Gasteiger partial charge in [-0.15, -0.1) is 0 Å². The monoisotopic (exact) mass is 459 g/mol. The van der Waals surface area contributed by atoms with Crippen molar-refractivity contribution in [2.75, 3.05) is 27.3 Å². The lowest BCUT2D eigenvalue weighted by Crippen LogP contribution is -2.36. The van der Waals surface area contributed by atoms with Crippen LogP contribution >= 0.6 is 0 Å². The van der Waals surface area contributed by atoms with Gasteiger partial charge in [-0.25, -0.2) is 4.39 Å². The van der Waals surface area contributed by atoms with E-state index in [9.17, 15) is 4.39 Å². The minimum atomic E-state index is -0.187. The first-order chi connectivity index (χ1) is 16.6. The maximum Gasteiger partial charge on any atom is 0.161 e. The maximum absolute atomic E-state index is 14.3. The minimum Gasteiger partial charge on any atom is -0.493 e. The number of ether oxygens (including phenoxy) is 3. The molecule has 0 amide bonds. The Hall–Kier alpha value is -2.89. The number of methoxy groups -OCH3 is 2. The van der Waals surface area contributed by atoms with Gasteiger partial charge in [-0.05, 0) is 76.9 Å². The van der Waals surface area contributed by atoms with Crippen LogP contribution in [0.25, 0.3) is 0 Å². The number of rotatable bonds is 4. The van der Waals surface area contributed by atoms with Gasteiger partial charge in [0.15, 0.2) is 11.5 Å². The summed E-state index contributed by atoms with van der Waals surface area (Å²) in [5.41, 5.74) is 7.49. The standard InChI is InChI=1S/C29H30FNO3/c1-32-27-12-18-9-10-31(16-21(18)13-28(27)33-2)17-23-15-26-24-6-4-3-5-19(24)11-20-7-8-22(30)14-25(20)29(26)34-23/h3-8,12-14,23,26,29H,9-11,15-17H2,1-2H3/t23-,26-,29+/m1/s1. The number of fused-ring (bicyclic) bond motifs is 6. The highest BCUT2D eigenvalue weighted by Crippen LogP contribution is 2.49. The molecule has 0 aromatic heterocycles. The molecule has 34 heavy (non-hydrogen) atoms. The SMILES string of the molecule is COc1cc2c(cc1OC)CN(C[C@H]1C[C@@H]3c4ccccc4Cc4ccc(F)cc4[C@@H]3O1)CC2. The summed E-state index contributed by atoms with van der Waals surface area (Å²) in [5.74, 6) is 1.63. The first kappa shape index (κ1) is 21.6. The van der Waals surface area contributed by atoms with Crippen molar-refractivity contribution >= 4 is 0 Å². The van der Waals surface area contributed by atoms with Crippen LogP contribution in [-0.2, 0) is 24.1 Å². The Balaban J connectivity index is 1.25. The van der Waals surface area contributed by atoms with E-state index in [0.717, 1.165) is 56.0 Å². The molecule has 1 fully saturated rings.